The first-order valence-corrected chi connectivity index (χ1v) is 9.80. The maximum Gasteiger partial charge on any atom is 0.279 e. The van der Waals surface area contributed by atoms with Gasteiger partial charge in [-0.2, -0.15) is 0 Å². The Hall–Kier alpha value is -3.99. The minimum absolute atomic E-state index is 0.102. The van der Waals surface area contributed by atoms with E-state index in [9.17, 15) is 4.79 Å². The number of fused-ring (bicyclic) bond motifs is 2. The zero-order valence-electron chi connectivity index (χ0n) is 16.6. The number of aromatic nitrogens is 2. The van der Waals surface area contributed by atoms with E-state index in [0.717, 1.165) is 38.8 Å². The highest BCUT2D eigenvalue weighted by Gasteiger charge is 2.17. The molecule has 0 saturated heterocycles. The number of nitrogens with one attached hydrogen (secondary N) is 1. The SMILES string of the molecule is Cc1cc2cc(N)ccc2n1C(=O)c1cc2ccc(OCc3ccccc3)cc2[nH]1. The number of rotatable bonds is 4. The molecule has 0 radical (unpaired) electrons. The molecule has 2 aromatic heterocycles. The number of carbonyl (C=O) groups is 1. The van der Waals surface area contributed by atoms with Crippen molar-refractivity contribution in [2.24, 2.45) is 0 Å². The van der Waals surface area contributed by atoms with Crippen molar-refractivity contribution in [2.75, 3.05) is 5.73 Å². The van der Waals surface area contributed by atoms with Crippen LogP contribution < -0.4 is 10.5 Å². The zero-order valence-corrected chi connectivity index (χ0v) is 16.6. The highest BCUT2D eigenvalue weighted by Crippen LogP contribution is 2.26. The first-order valence-electron chi connectivity index (χ1n) is 9.80. The van der Waals surface area contributed by atoms with E-state index < -0.39 is 0 Å². The molecule has 0 fully saturated rings. The van der Waals surface area contributed by atoms with E-state index in [2.05, 4.69) is 4.98 Å². The van der Waals surface area contributed by atoms with Crippen LogP contribution in [0.25, 0.3) is 21.8 Å². The van der Waals surface area contributed by atoms with Crippen LogP contribution in [-0.4, -0.2) is 15.5 Å². The molecule has 0 unspecified atom stereocenters. The molecule has 148 valence electrons. The minimum atomic E-state index is -0.102. The first-order chi connectivity index (χ1) is 14.6. The standard InChI is InChI=1S/C25H21N3O2/c1-16-11-19-12-20(26)8-10-24(19)28(16)25(29)23-13-18-7-9-21(14-22(18)27-23)30-15-17-5-3-2-4-6-17/h2-14,27H,15,26H2,1H3. The van der Waals surface area contributed by atoms with Crippen molar-refractivity contribution < 1.29 is 9.53 Å². The first kappa shape index (κ1) is 18.1. The predicted molar refractivity (Wildman–Crippen MR) is 120 cm³/mol. The number of carbonyl (C=O) groups excluding carboxylic acids is 1. The largest absolute Gasteiger partial charge is 0.489 e. The van der Waals surface area contributed by atoms with Crippen molar-refractivity contribution in [3.05, 3.63) is 95.8 Å². The molecule has 30 heavy (non-hydrogen) atoms. The fraction of sp³-hybridized carbons (Fsp3) is 0.0800. The van der Waals surface area contributed by atoms with Crippen molar-refractivity contribution in [1.29, 1.82) is 0 Å². The number of hydrogen-bond acceptors (Lipinski definition) is 3. The van der Waals surface area contributed by atoms with Crippen molar-refractivity contribution in [2.45, 2.75) is 13.5 Å². The number of anilines is 1. The molecule has 5 rings (SSSR count). The lowest BCUT2D eigenvalue weighted by Gasteiger charge is -2.06. The number of nitrogens with two attached hydrogens (primary N) is 1. The normalized spacial score (nSPS) is 11.2. The van der Waals surface area contributed by atoms with Crippen LogP contribution in [0.5, 0.6) is 5.75 Å². The zero-order chi connectivity index (χ0) is 20.7. The summed E-state index contributed by atoms with van der Waals surface area (Å²) in [6, 6.07) is 25.3. The van der Waals surface area contributed by atoms with Gasteiger partial charge in [0.15, 0.2) is 0 Å². The van der Waals surface area contributed by atoms with E-state index in [1.165, 1.54) is 0 Å². The van der Waals surface area contributed by atoms with Crippen molar-refractivity contribution in [3.63, 3.8) is 0 Å². The molecular weight excluding hydrogens is 374 g/mol. The lowest BCUT2D eigenvalue weighted by Crippen LogP contribution is -2.13. The van der Waals surface area contributed by atoms with Gasteiger partial charge in [-0.25, -0.2) is 0 Å². The van der Waals surface area contributed by atoms with Gasteiger partial charge in [0.1, 0.15) is 18.1 Å². The maximum atomic E-state index is 13.3. The molecule has 5 nitrogen and oxygen atoms in total. The Balaban J connectivity index is 1.45. The highest BCUT2D eigenvalue weighted by molar-refractivity contribution is 6.05. The van der Waals surface area contributed by atoms with E-state index >= 15 is 0 Å². The van der Waals surface area contributed by atoms with Gasteiger partial charge in [-0.15, -0.1) is 0 Å². The third kappa shape index (κ3) is 3.20. The monoisotopic (exact) mass is 395 g/mol. The van der Waals surface area contributed by atoms with Crippen LogP contribution in [0.15, 0.2) is 78.9 Å². The third-order valence-electron chi connectivity index (χ3n) is 5.29. The van der Waals surface area contributed by atoms with E-state index in [-0.39, 0.29) is 5.91 Å². The molecular formula is C25H21N3O2. The minimum Gasteiger partial charge on any atom is -0.489 e. The molecule has 0 aliphatic rings. The number of aromatic amines is 1. The Bertz CT molecular complexity index is 1380. The van der Waals surface area contributed by atoms with E-state index in [1.54, 1.807) is 4.57 Å². The van der Waals surface area contributed by atoms with Gasteiger partial charge < -0.3 is 15.5 Å². The summed E-state index contributed by atoms with van der Waals surface area (Å²) in [5, 5.41) is 1.91. The smallest absolute Gasteiger partial charge is 0.279 e. The van der Waals surface area contributed by atoms with Crippen LogP contribution in [0, 0.1) is 6.92 Å². The molecule has 0 saturated carbocycles. The van der Waals surface area contributed by atoms with Crippen LogP contribution in [0.2, 0.25) is 0 Å². The topological polar surface area (TPSA) is 73.0 Å². The number of benzene rings is 3. The Morgan fingerprint density at radius 1 is 0.967 bits per heavy atom. The lowest BCUT2D eigenvalue weighted by atomic mass is 10.2. The Morgan fingerprint density at radius 2 is 1.80 bits per heavy atom. The van der Waals surface area contributed by atoms with Crippen LogP contribution in [-0.2, 0) is 6.61 Å². The van der Waals surface area contributed by atoms with E-state index in [0.29, 0.717) is 18.0 Å². The van der Waals surface area contributed by atoms with Crippen molar-refractivity contribution in [3.8, 4) is 5.75 Å². The summed E-state index contributed by atoms with van der Waals surface area (Å²) in [6.45, 7) is 2.42. The van der Waals surface area contributed by atoms with Gasteiger partial charge >= 0.3 is 0 Å². The second-order valence-corrected chi connectivity index (χ2v) is 7.45. The van der Waals surface area contributed by atoms with E-state index in [4.69, 9.17) is 10.5 Å². The molecule has 0 atom stereocenters. The molecule has 3 aromatic carbocycles. The molecule has 0 aliphatic carbocycles. The van der Waals surface area contributed by atoms with Gasteiger partial charge in [-0.3, -0.25) is 9.36 Å². The van der Waals surface area contributed by atoms with Gasteiger partial charge in [-0.05, 0) is 55.0 Å². The van der Waals surface area contributed by atoms with Crippen molar-refractivity contribution in [1.82, 2.24) is 9.55 Å². The number of nitrogens with zero attached hydrogens (tertiary/aromatic N) is 1. The molecule has 3 N–H and O–H groups in total. The Kier molecular flexibility index (Phi) is 4.29. The summed E-state index contributed by atoms with van der Waals surface area (Å²) in [4.78, 5) is 16.5. The maximum absolute atomic E-state index is 13.3. The summed E-state index contributed by atoms with van der Waals surface area (Å²) < 4.78 is 7.62. The van der Waals surface area contributed by atoms with E-state index in [1.807, 2.05) is 85.8 Å². The van der Waals surface area contributed by atoms with Gasteiger partial charge in [0.05, 0.1) is 5.52 Å². The number of hydrogen-bond donors (Lipinski definition) is 2. The second-order valence-electron chi connectivity index (χ2n) is 7.45. The predicted octanol–water partition coefficient (Wildman–Crippen LogP) is 5.28. The Labute approximate surface area is 173 Å². The van der Waals surface area contributed by atoms with Gasteiger partial charge in [-0.1, -0.05) is 30.3 Å². The molecule has 0 amide bonds. The van der Waals surface area contributed by atoms with Gasteiger partial charge in [0.25, 0.3) is 5.91 Å². The highest BCUT2D eigenvalue weighted by atomic mass is 16.5. The summed E-state index contributed by atoms with van der Waals surface area (Å²) in [5.41, 5.74) is 10.8. The molecule has 0 aliphatic heterocycles. The summed E-state index contributed by atoms with van der Waals surface area (Å²) in [6.07, 6.45) is 0. The molecule has 5 heteroatoms. The average Bonchev–Trinajstić information content (AvgIpc) is 3.32. The van der Waals surface area contributed by atoms with Crippen LogP contribution in [0.4, 0.5) is 5.69 Å². The summed E-state index contributed by atoms with van der Waals surface area (Å²) >= 11 is 0. The van der Waals surface area contributed by atoms with Crippen molar-refractivity contribution >= 4 is 33.4 Å². The van der Waals surface area contributed by atoms with Crippen LogP contribution in [0.1, 0.15) is 21.7 Å². The molecule has 5 aromatic rings. The van der Waals surface area contributed by atoms with Gasteiger partial charge in [0.2, 0.25) is 0 Å². The van der Waals surface area contributed by atoms with Crippen LogP contribution >= 0.6 is 0 Å². The molecule has 0 bridgehead atoms. The quantitative estimate of drug-likeness (QED) is 0.407. The fourth-order valence-electron chi connectivity index (χ4n) is 3.81. The average molecular weight is 395 g/mol. The summed E-state index contributed by atoms with van der Waals surface area (Å²) in [7, 11) is 0. The lowest BCUT2D eigenvalue weighted by molar-refractivity contribution is 0.0959. The molecule has 2 heterocycles. The van der Waals surface area contributed by atoms with Gasteiger partial charge in [0, 0.05) is 33.7 Å². The second kappa shape index (κ2) is 7.12. The number of H-pyrrole nitrogens is 1. The number of aryl methyl sites for hydroxylation is 1. The Morgan fingerprint density at radius 3 is 2.63 bits per heavy atom. The van der Waals surface area contributed by atoms with Crippen LogP contribution in [0.3, 0.4) is 0 Å². The number of ether oxygens (including phenoxy) is 1. The summed E-state index contributed by atoms with van der Waals surface area (Å²) in [5.74, 6) is 0.653. The molecule has 0 spiro atoms. The third-order valence-corrected chi connectivity index (χ3v) is 5.29. The number of nitrogen functional groups attached to an aromatic ring is 1. The fourth-order valence-corrected chi connectivity index (χ4v) is 3.81.